The number of aromatic nitrogens is 1. The summed E-state index contributed by atoms with van der Waals surface area (Å²) in [6, 6.07) is 25.4. The lowest BCUT2D eigenvalue weighted by Gasteiger charge is -2.28. The van der Waals surface area contributed by atoms with E-state index in [0.717, 1.165) is 33.5 Å². The number of fused-ring (bicyclic) bond motifs is 1. The molecule has 204 valence electrons. The van der Waals surface area contributed by atoms with E-state index in [1.165, 1.54) is 0 Å². The van der Waals surface area contributed by atoms with Gasteiger partial charge in [-0.3, -0.25) is 9.59 Å². The molecule has 0 aliphatic heterocycles. The fourth-order valence-corrected chi connectivity index (χ4v) is 4.67. The zero-order valence-corrected chi connectivity index (χ0v) is 22.6. The number of carbonyl (C=O) groups excluding carboxylic acids is 2. The minimum atomic E-state index is -0.278. The predicted molar refractivity (Wildman–Crippen MR) is 156 cm³/mol. The van der Waals surface area contributed by atoms with E-state index in [2.05, 4.69) is 27.0 Å². The van der Waals surface area contributed by atoms with Crippen molar-refractivity contribution >= 4 is 28.4 Å². The van der Waals surface area contributed by atoms with Crippen molar-refractivity contribution in [3.63, 3.8) is 0 Å². The maximum Gasteiger partial charge on any atom is 0.234 e. The van der Waals surface area contributed by atoms with Gasteiger partial charge in [0.2, 0.25) is 11.8 Å². The molecule has 8 nitrogen and oxygen atoms in total. The van der Waals surface area contributed by atoms with Gasteiger partial charge in [-0.05, 0) is 36.2 Å². The number of hydrogen-bond acceptors (Lipinski definition) is 5. The second kappa shape index (κ2) is 14.0. The third kappa shape index (κ3) is 8.09. The summed E-state index contributed by atoms with van der Waals surface area (Å²) in [6.07, 6.45) is 2.57. The van der Waals surface area contributed by atoms with Crippen molar-refractivity contribution < 1.29 is 14.3 Å². The van der Waals surface area contributed by atoms with Gasteiger partial charge >= 0.3 is 0 Å². The van der Waals surface area contributed by atoms with Crippen LogP contribution in [0.1, 0.15) is 18.1 Å². The van der Waals surface area contributed by atoms with E-state index in [1.807, 2.05) is 79.0 Å². The standard InChI is InChI=1S/C31H37N5O3/c1-23(37)36(21-24-10-6-9-15-30(24)39-2)22-27(18-25-19-34-29-14-8-7-13-28(25)29)35-31(38)20-32-16-17-33-26-11-4-3-5-12-26/h3-15,19,27,32-34H,16-18,20-22H2,1-2H3,(H,35,38). The van der Waals surface area contributed by atoms with Crippen LogP contribution in [0.2, 0.25) is 0 Å². The van der Waals surface area contributed by atoms with Crippen LogP contribution in [0.3, 0.4) is 0 Å². The van der Waals surface area contributed by atoms with E-state index in [1.54, 1.807) is 18.9 Å². The van der Waals surface area contributed by atoms with Crippen LogP contribution >= 0.6 is 0 Å². The van der Waals surface area contributed by atoms with Gasteiger partial charge in [-0.15, -0.1) is 0 Å². The van der Waals surface area contributed by atoms with Crippen LogP contribution < -0.4 is 20.7 Å². The topological polar surface area (TPSA) is 98.5 Å². The van der Waals surface area contributed by atoms with Gasteiger partial charge < -0.3 is 30.6 Å². The SMILES string of the molecule is COc1ccccc1CN(CC(Cc1c[nH]c2ccccc12)NC(=O)CNCCNc1ccccc1)C(C)=O. The van der Waals surface area contributed by atoms with Gasteiger partial charge in [0.05, 0.1) is 19.7 Å². The summed E-state index contributed by atoms with van der Waals surface area (Å²) in [5.41, 5.74) is 4.10. The quantitative estimate of drug-likeness (QED) is 0.186. The molecule has 0 saturated carbocycles. The van der Waals surface area contributed by atoms with Crippen LogP contribution in [0, 0.1) is 0 Å². The number of nitrogens with one attached hydrogen (secondary N) is 4. The average Bonchev–Trinajstić information content (AvgIpc) is 3.36. The van der Waals surface area contributed by atoms with E-state index in [4.69, 9.17) is 4.74 Å². The van der Waals surface area contributed by atoms with Crippen molar-refractivity contribution in [2.24, 2.45) is 0 Å². The van der Waals surface area contributed by atoms with Crippen LogP contribution in [0.15, 0.2) is 85.1 Å². The van der Waals surface area contributed by atoms with Gasteiger partial charge in [0.25, 0.3) is 0 Å². The molecule has 39 heavy (non-hydrogen) atoms. The molecule has 0 bridgehead atoms. The monoisotopic (exact) mass is 527 g/mol. The van der Waals surface area contributed by atoms with Crippen LogP contribution in [0.25, 0.3) is 10.9 Å². The highest BCUT2D eigenvalue weighted by Crippen LogP contribution is 2.22. The van der Waals surface area contributed by atoms with Gasteiger partial charge in [-0.25, -0.2) is 0 Å². The van der Waals surface area contributed by atoms with Crippen molar-refractivity contribution in [1.29, 1.82) is 0 Å². The van der Waals surface area contributed by atoms with E-state index >= 15 is 0 Å². The summed E-state index contributed by atoms with van der Waals surface area (Å²) in [6.45, 7) is 3.85. The number of carbonyl (C=O) groups is 2. The Balaban J connectivity index is 1.41. The Morgan fingerprint density at radius 1 is 0.923 bits per heavy atom. The Morgan fingerprint density at radius 3 is 2.46 bits per heavy atom. The normalized spacial score (nSPS) is 11.6. The van der Waals surface area contributed by atoms with Gasteiger partial charge in [-0.1, -0.05) is 54.6 Å². The number of benzene rings is 3. The average molecular weight is 528 g/mol. The van der Waals surface area contributed by atoms with Gasteiger partial charge in [-0.2, -0.15) is 0 Å². The fraction of sp³-hybridized carbons (Fsp3) is 0.290. The van der Waals surface area contributed by atoms with Crippen molar-refractivity contribution in [1.82, 2.24) is 20.5 Å². The predicted octanol–water partition coefficient (Wildman–Crippen LogP) is 3.95. The number of H-pyrrole nitrogens is 1. The highest BCUT2D eigenvalue weighted by atomic mass is 16.5. The van der Waals surface area contributed by atoms with Crippen molar-refractivity contribution in [2.75, 3.05) is 38.6 Å². The van der Waals surface area contributed by atoms with Gasteiger partial charge in [0, 0.05) is 61.5 Å². The maximum atomic E-state index is 13.0. The van der Waals surface area contributed by atoms with Crippen LogP contribution in [-0.2, 0) is 22.6 Å². The van der Waals surface area contributed by atoms with Crippen LogP contribution in [0.5, 0.6) is 5.75 Å². The number of nitrogens with zero attached hydrogens (tertiary/aromatic N) is 1. The summed E-state index contributed by atoms with van der Waals surface area (Å²) in [7, 11) is 1.62. The Kier molecular flexibility index (Phi) is 9.97. The van der Waals surface area contributed by atoms with E-state index in [0.29, 0.717) is 32.6 Å². The largest absolute Gasteiger partial charge is 0.496 e. The fourth-order valence-electron chi connectivity index (χ4n) is 4.67. The summed E-state index contributed by atoms with van der Waals surface area (Å²) in [5, 5.41) is 10.8. The molecule has 0 aliphatic carbocycles. The molecule has 4 N–H and O–H groups in total. The maximum absolute atomic E-state index is 13.0. The highest BCUT2D eigenvalue weighted by molar-refractivity contribution is 5.83. The first kappa shape index (κ1) is 27.7. The zero-order chi connectivity index (χ0) is 27.5. The Hall–Kier alpha value is -4.30. The van der Waals surface area contributed by atoms with Crippen LogP contribution in [0.4, 0.5) is 5.69 Å². The number of para-hydroxylation sites is 3. The molecule has 0 aliphatic rings. The molecule has 1 heterocycles. The summed E-state index contributed by atoms with van der Waals surface area (Å²) in [4.78, 5) is 30.7. The Morgan fingerprint density at radius 2 is 1.67 bits per heavy atom. The molecule has 8 heteroatoms. The molecule has 3 aromatic carbocycles. The summed E-state index contributed by atoms with van der Waals surface area (Å²) >= 11 is 0. The van der Waals surface area contributed by atoms with Crippen molar-refractivity contribution in [3.8, 4) is 5.75 Å². The van der Waals surface area contributed by atoms with Gasteiger partial charge in [0.15, 0.2) is 0 Å². The third-order valence-electron chi connectivity index (χ3n) is 6.64. The smallest absolute Gasteiger partial charge is 0.234 e. The first-order valence-corrected chi connectivity index (χ1v) is 13.2. The molecule has 0 radical (unpaired) electrons. The molecule has 1 atom stereocenters. The summed E-state index contributed by atoms with van der Waals surface area (Å²) < 4.78 is 5.50. The minimum Gasteiger partial charge on any atom is -0.496 e. The molecular weight excluding hydrogens is 490 g/mol. The first-order valence-electron chi connectivity index (χ1n) is 13.2. The molecular formula is C31H37N5O3. The van der Waals surface area contributed by atoms with Gasteiger partial charge in [0.1, 0.15) is 5.75 Å². The van der Waals surface area contributed by atoms with Crippen molar-refractivity contribution in [3.05, 3.63) is 96.2 Å². The number of aromatic amines is 1. The number of anilines is 1. The molecule has 0 spiro atoms. The van der Waals surface area contributed by atoms with Crippen molar-refractivity contribution in [2.45, 2.75) is 25.9 Å². The van der Waals surface area contributed by atoms with E-state index < -0.39 is 0 Å². The summed E-state index contributed by atoms with van der Waals surface area (Å²) in [5.74, 6) is 0.554. The Bertz CT molecular complexity index is 1350. The second-order valence-corrected chi connectivity index (χ2v) is 9.51. The number of hydrogen-bond donors (Lipinski definition) is 4. The molecule has 0 saturated heterocycles. The highest BCUT2D eigenvalue weighted by Gasteiger charge is 2.21. The lowest BCUT2D eigenvalue weighted by molar-refractivity contribution is -0.130. The van der Waals surface area contributed by atoms with Crippen LogP contribution in [-0.4, -0.2) is 61.0 Å². The molecule has 4 aromatic rings. The molecule has 2 amide bonds. The molecule has 0 fully saturated rings. The lowest BCUT2D eigenvalue weighted by Crippen LogP contribution is -2.48. The first-order chi connectivity index (χ1) is 19.0. The molecule has 1 aromatic heterocycles. The number of rotatable bonds is 14. The lowest BCUT2D eigenvalue weighted by atomic mass is 10.0. The third-order valence-corrected chi connectivity index (χ3v) is 6.64. The number of amides is 2. The van der Waals surface area contributed by atoms with E-state index in [-0.39, 0.29) is 24.4 Å². The minimum absolute atomic E-state index is 0.0656. The second-order valence-electron chi connectivity index (χ2n) is 9.51. The number of methoxy groups -OCH3 is 1. The number of ether oxygens (including phenoxy) is 1. The molecule has 1 unspecified atom stereocenters. The molecule has 4 rings (SSSR count). The zero-order valence-electron chi connectivity index (χ0n) is 22.6. The Labute approximate surface area is 229 Å². The van der Waals surface area contributed by atoms with E-state index in [9.17, 15) is 9.59 Å².